The normalized spacial score (nSPS) is 12.8. The van der Waals surface area contributed by atoms with Crippen LogP contribution in [0.4, 0.5) is 0 Å². The third-order valence-electron chi connectivity index (χ3n) is 2.68. The first kappa shape index (κ1) is 13.0. The summed E-state index contributed by atoms with van der Waals surface area (Å²) in [5.74, 6) is -0.403. The van der Waals surface area contributed by atoms with Crippen LogP contribution in [0.2, 0.25) is 5.02 Å². The van der Waals surface area contributed by atoms with E-state index in [-0.39, 0.29) is 12.3 Å². The number of aliphatic carboxylic acids is 1. The first-order valence-corrected chi connectivity index (χ1v) is 5.80. The zero-order valence-corrected chi connectivity index (χ0v) is 10.6. The van der Waals surface area contributed by atoms with Gasteiger partial charge in [-0.2, -0.15) is 0 Å². The lowest BCUT2D eigenvalue weighted by atomic mass is 9.88. The highest BCUT2D eigenvalue weighted by molar-refractivity contribution is 6.30. The Hall–Kier alpha value is -1.02. The molecule has 0 spiro atoms. The van der Waals surface area contributed by atoms with Gasteiger partial charge in [-0.25, -0.2) is 0 Å². The molecular formula is C13H17ClO2. The van der Waals surface area contributed by atoms with Gasteiger partial charge in [0.2, 0.25) is 0 Å². The van der Waals surface area contributed by atoms with Gasteiger partial charge < -0.3 is 5.11 Å². The number of benzene rings is 1. The monoisotopic (exact) mass is 240 g/mol. The van der Waals surface area contributed by atoms with Crippen LogP contribution in [-0.2, 0) is 4.79 Å². The minimum atomic E-state index is -0.776. The summed E-state index contributed by atoms with van der Waals surface area (Å²) in [5.41, 5.74) is 2.23. The number of halogens is 1. The fourth-order valence-electron chi connectivity index (χ4n) is 1.87. The molecule has 0 bridgehead atoms. The van der Waals surface area contributed by atoms with Crippen LogP contribution in [0.15, 0.2) is 18.2 Å². The molecule has 0 saturated carbocycles. The Morgan fingerprint density at radius 3 is 2.44 bits per heavy atom. The Morgan fingerprint density at radius 2 is 1.94 bits per heavy atom. The largest absolute Gasteiger partial charge is 0.481 e. The molecule has 0 heterocycles. The maximum Gasteiger partial charge on any atom is 0.303 e. The van der Waals surface area contributed by atoms with Gasteiger partial charge in [0.1, 0.15) is 0 Å². The van der Waals surface area contributed by atoms with Gasteiger partial charge >= 0.3 is 5.97 Å². The maximum atomic E-state index is 10.7. The standard InChI is InChI=1S/C13H17ClO2/c1-8(2)11-5-4-10(14)7-12(11)9(3)6-13(15)16/h4-5,7-9H,6H2,1-3H3,(H,15,16). The van der Waals surface area contributed by atoms with E-state index in [1.165, 1.54) is 5.56 Å². The Balaban J connectivity index is 3.08. The Bertz CT molecular complexity index is 386. The first-order valence-electron chi connectivity index (χ1n) is 5.43. The van der Waals surface area contributed by atoms with Crippen molar-refractivity contribution in [1.29, 1.82) is 0 Å². The van der Waals surface area contributed by atoms with Gasteiger partial charge in [-0.05, 0) is 35.1 Å². The molecule has 0 fully saturated rings. The second-order valence-corrected chi connectivity index (χ2v) is 4.86. The molecule has 1 aromatic rings. The smallest absolute Gasteiger partial charge is 0.303 e. The molecule has 1 unspecified atom stereocenters. The SMILES string of the molecule is CC(C)c1ccc(Cl)cc1C(C)CC(=O)O. The third-order valence-corrected chi connectivity index (χ3v) is 2.92. The van der Waals surface area contributed by atoms with E-state index in [4.69, 9.17) is 16.7 Å². The zero-order chi connectivity index (χ0) is 12.3. The van der Waals surface area contributed by atoms with Crippen molar-refractivity contribution in [3.63, 3.8) is 0 Å². The van der Waals surface area contributed by atoms with Crippen LogP contribution in [0.1, 0.15) is 50.2 Å². The highest BCUT2D eigenvalue weighted by Crippen LogP contribution is 2.30. The lowest BCUT2D eigenvalue weighted by molar-refractivity contribution is -0.137. The van der Waals surface area contributed by atoms with E-state index in [1.807, 2.05) is 25.1 Å². The average Bonchev–Trinajstić information content (AvgIpc) is 2.15. The van der Waals surface area contributed by atoms with Crippen LogP contribution < -0.4 is 0 Å². The van der Waals surface area contributed by atoms with Crippen molar-refractivity contribution in [3.8, 4) is 0 Å². The molecule has 0 saturated heterocycles. The summed E-state index contributed by atoms with van der Waals surface area (Å²) in [6, 6.07) is 5.72. The molecule has 0 aromatic heterocycles. The second-order valence-electron chi connectivity index (χ2n) is 4.43. The van der Waals surface area contributed by atoms with Gasteiger partial charge in [0, 0.05) is 5.02 Å². The highest BCUT2D eigenvalue weighted by atomic mass is 35.5. The summed E-state index contributed by atoms with van der Waals surface area (Å²) in [6.45, 7) is 6.12. The van der Waals surface area contributed by atoms with Gasteiger partial charge in [0.25, 0.3) is 0 Å². The van der Waals surface area contributed by atoms with Crippen LogP contribution in [0.25, 0.3) is 0 Å². The number of hydrogen-bond acceptors (Lipinski definition) is 1. The van der Waals surface area contributed by atoms with E-state index in [9.17, 15) is 4.79 Å². The van der Waals surface area contributed by atoms with Crippen LogP contribution >= 0.6 is 11.6 Å². The van der Waals surface area contributed by atoms with E-state index < -0.39 is 5.97 Å². The van der Waals surface area contributed by atoms with Crippen molar-refractivity contribution in [2.75, 3.05) is 0 Å². The predicted molar refractivity (Wildman–Crippen MR) is 66.2 cm³/mol. The van der Waals surface area contributed by atoms with Gasteiger partial charge in [0.05, 0.1) is 6.42 Å². The first-order chi connectivity index (χ1) is 7.41. The summed E-state index contributed by atoms with van der Waals surface area (Å²) in [4.78, 5) is 10.7. The molecule has 16 heavy (non-hydrogen) atoms. The number of carbonyl (C=O) groups is 1. The summed E-state index contributed by atoms with van der Waals surface area (Å²) in [7, 11) is 0. The molecule has 1 rings (SSSR count). The maximum absolute atomic E-state index is 10.7. The van der Waals surface area contributed by atoms with Gasteiger partial charge in [-0.15, -0.1) is 0 Å². The quantitative estimate of drug-likeness (QED) is 0.862. The van der Waals surface area contributed by atoms with Crippen molar-refractivity contribution in [2.24, 2.45) is 0 Å². The fraction of sp³-hybridized carbons (Fsp3) is 0.462. The molecule has 3 heteroatoms. The van der Waals surface area contributed by atoms with Crippen LogP contribution in [-0.4, -0.2) is 11.1 Å². The molecule has 1 atom stereocenters. The number of rotatable bonds is 4. The molecule has 0 aliphatic rings. The summed E-state index contributed by atoms with van der Waals surface area (Å²) in [5, 5.41) is 9.47. The molecule has 0 aliphatic carbocycles. The molecule has 0 radical (unpaired) electrons. The molecule has 0 aliphatic heterocycles. The minimum Gasteiger partial charge on any atom is -0.481 e. The minimum absolute atomic E-state index is 0.00593. The van der Waals surface area contributed by atoms with Gasteiger partial charge in [-0.3, -0.25) is 4.79 Å². The second kappa shape index (κ2) is 5.35. The Kier molecular flexibility index (Phi) is 4.36. The van der Waals surface area contributed by atoms with E-state index in [2.05, 4.69) is 13.8 Å². The number of carboxylic acids is 1. The van der Waals surface area contributed by atoms with Crippen molar-refractivity contribution in [2.45, 2.75) is 39.0 Å². The van der Waals surface area contributed by atoms with Gasteiger partial charge in [0.15, 0.2) is 0 Å². The molecular weight excluding hydrogens is 224 g/mol. The van der Waals surface area contributed by atoms with Crippen LogP contribution in [0.5, 0.6) is 0 Å². The number of carboxylic acid groups (broad SMARTS) is 1. The van der Waals surface area contributed by atoms with Crippen LogP contribution in [0.3, 0.4) is 0 Å². The molecule has 2 nitrogen and oxygen atoms in total. The topological polar surface area (TPSA) is 37.3 Å². The van der Waals surface area contributed by atoms with Crippen molar-refractivity contribution in [3.05, 3.63) is 34.3 Å². The Morgan fingerprint density at radius 1 is 1.31 bits per heavy atom. The van der Waals surface area contributed by atoms with Crippen molar-refractivity contribution < 1.29 is 9.90 Å². The van der Waals surface area contributed by atoms with E-state index in [0.717, 1.165) is 5.56 Å². The van der Waals surface area contributed by atoms with Crippen molar-refractivity contribution in [1.82, 2.24) is 0 Å². The summed E-state index contributed by atoms with van der Waals surface area (Å²) in [6.07, 6.45) is 0.139. The summed E-state index contributed by atoms with van der Waals surface area (Å²) >= 11 is 5.95. The predicted octanol–water partition coefficient (Wildman–Crippen LogP) is 4.04. The third kappa shape index (κ3) is 3.24. The number of hydrogen-bond donors (Lipinski definition) is 1. The van der Waals surface area contributed by atoms with E-state index >= 15 is 0 Å². The summed E-state index contributed by atoms with van der Waals surface area (Å²) < 4.78 is 0. The molecule has 0 amide bonds. The van der Waals surface area contributed by atoms with Gasteiger partial charge in [-0.1, -0.05) is 38.4 Å². The van der Waals surface area contributed by atoms with Crippen molar-refractivity contribution >= 4 is 17.6 Å². The zero-order valence-electron chi connectivity index (χ0n) is 9.83. The molecule has 1 aromatic carbocycles. The van der Waals surface area contributed by atoms with E-state index in [1.54, 1.807) is 0 Å². The average molecular weight is 241 g/mol. The molecule has 1 N–H and O–H groups in total. The lowest BCUT2D eigenvalue weighted by Gasteiger charge is -2.17. The fourth-order valence-corrected chi connectivity index (χ4v) is 2.05. The van der Waals surface area contributed by atoms with Crippen LogP contribution in [0, 0.1) is 0 Å². The highest BCUT2D eigenvalue weighted by Gasteiger charge is 2.16. The molecule has 88 valence electrons. The van der Waals surface area contributed by atoms with E-state index in [0.29, 0.717) is 10.9 Å². The Labute approximate surface area is 101 Å². The lowest BCUT2D eigenvalue weighted by Crippen LogP contribution is -2.06.